The number of hydrogen-bond donors (Lipinski definition) is 0. The van der Waals surface area contributed by atoms with Gasteiger partial charge in [-0.2, -0.15) is 9.78 Å². The van der Waals surface area contributed by atoms with E-state index >= 15 is 0 Å². The van der Waals surface area contributed by atoms with Crippen molar-refractivity contribution in [3.63, 3.8) is 0 Å². The van der Waals surface area contributed by atoms with Crippen LogP contribution in [0.15, 0.2) is 47.5 Å². The summed E-state index contributed by atoms with van der Waals surface area (Å²) in [6, 6.07) is 8.37. The van der Waals surface area contributed by atoms with Gasteiger partial charge < -0.3 is 0 Å². The third-order valence-corrected chi connectivity index (χ3v) is 1.58. The van der Waals surface area contributed by atoms with Gasteiger partial charge in [-0.05, 0) is 18.2 Å². The van der Waals surface area contributed by atoms with Crippen LogP contribution in [0.2, 0.25) is 0 Å². The van der Waals surface area contributed by atoms with Crippen LogP contribution in [0.25, 0.3) is 5.82 Å². The van der Waals surface area contributed by atoms with Gasteiger partial charge in [0, 0.05) is 18.5 Å². The lowest BCUT2D eigenvalue weighted by Crippen LogP contribution is -2.19. The first-order valence-electron chi connectivity index (χ1n) is 3.84. The van der Waals surface area contributed by atoms with Crippen LogP contribution in [0.4, 0.5) is 0 Å². The van der Waals surface area contributed by atoms with Crippen molar-refractivity contribution in [2.45, 2.75) is 0 Å². The fourth-order valence-electron chi connectivity index (χ4n) is 1.01. The molecule has 2 rings (SSSR count). The summed E-state index contributed by atoms with van der Waals surface area (Å²) >= 11 is 0. The predicted octanol–water partition coefficient (Wildman–Crippen LogP) is 0.627. The number of hydrogen-bond acceptors (Lipinski definition) is 3. The summed E-state index contributed by atoms with van der Waals surface area (Å²) in [7, 11) is 0. The molecule has 0 aliphatic carbocycles. The molecule has 13 heavy (non-hydrogen) atoms. The third-order valence-electron chi connectivity index (χ3n) is 1.58. The first-order chi connectivity index (χ1) is 6.38. The number of pyridine rings is 1. The fraction of sp³-hybridized carbons (Fsp3) is 0. The summed E-state index contributed by atoms with van der Waals surface area (Å²) < 4.78 is 1.25. The minimum atomic E-state index is -0.179. The Labute approximate surface area is 74.5 Å². The van der Waals surface area contributed by atoms with Gasteiger partial charge in [0.1, 0.15) is 0 Å². The maximum Gasteiger partial charge on any atom is 0.272 e. The van der Waals surface area contributed by atoms with Crippen molar-refractivity contribution in [2.75, 3.05) is 0 Å². The molecule has 2 aromatic rings. The summed E-state index contributed by atoms with van der Waals surface area (Å²) in [6.07, 6.45) is 3.17. The van der Waals surface area contributed by atoms with Crippen LogP contribution < -0.4 is 5.56 Å². The SMILES string of the molecule is O=c1cccnn1-c1ccccn1. The molecule has 4 heteroatoms. The van der Waals surface area contributed by atoms with E-state index in [1.807, 2.05) is 6.07 Å². The van der Waals surface area contributed by atoms with Crippen LogP contribution >= 0.6 is 0 Å². The van der Waals surface area contributed by atoms with Gasteiger partial charge >= 0.3 is 0 Å². The molecule has 0 bridgehead atoms. The van der Waals surface area contributed by atoms with Gasteiger partial charge in [0.15, 0.2) is 5.82 Å². The highest BCUT2D eigenvalue weighted by Crippen LogP contribution is 1.95. The third kappa shape index (κ3) is 1.46. The monoisotopic (exact) mass is 173 g/mol. The molecule has 0 fully saturated rings. The minimum absolute atomic E-state index is 0.179. The molecule has 0 saturated heterocycles. The second-order valence-corrected chi connectivity index (χ2v) is 2.46. The fourth-order valence-corrected chi connectivity index (χ4v) is 1.01. The Morgan fingerprint density at radius 1 is 1.08 bits per heavy atom. The van der Waals surface area contributed by atoms with Gasteiger partial charge in [0.25, 0.3) is 5.56 Å². The average Bonchev–Trinajstić information content (AvgIpc) is 2.20. The van der Waals surface area contributed by atoms with E-state index in [9.17, 15) is 4.79 Å². The highest BCUT2D eigenvalue weighted by molar-refractivity contribution is 5.19. The Bertz CT molecular complexity index is 450. The Morgan fingerprint density at radius 3 is 2.69 bits per heavy atom. The van der Waals surface area contributed by atoms with E-state index in [0.717, 1.165) is 0 Å². The van der Waals surface area contributed by atoms with Crippen molar-refractivity contribution < 1.29 is 0 Å². The van der Waals surface area contributed by atoms with Gasteiger partial charge in [-0.1, -0.05) is 6.07 Å². The quantitative estimate of drug-likeness (QED) is 0.635. The normalized spacial score (nSPS) is 9.85. The van der Waals surface area contributed by atoms with Gasteiger partial charge in [-0.3, -0.25) is 4.79 Å². The molecule has 0 aliphatic heterocycles. The summed E-state index contributed by atoms with van der Waals surface area (Å²) in [5.41, 5.74) is -0.179. The van der Waals surface area contributed by atoms with Crippen molar-refractivity contribution in [3.8, 4) is 5.82 Å². The largest absolute Gasteiger partial charge is 0.272 e. The van der Waals surface area contributed by atoms with E-state index in [-0.39, 0.29) is 5.56 Å². The van der Waals surface area contributed by atoms with E-state index in [2.05, 4.69) is 10.1 Å². The lowest BCUT2D eigenvalue weighted by molar-refractivity contribution is 0.781. The van der Waals surface area contributed by atoms with Gasteiger partial charge in [0.05, 0.1) is 0 Å². The Kier molecular flexibility index (Phi) is 1.88. The molecule has 0 saturated carbocycles. The summed E-state index contributed by atoms with van der Waals surface area (Å²) in [6.45, 7) is 0. The lowest BCUT2D eigenvalue weighted by Gasteiger charge is -1.99. The first-order valence-corrected chi connectivity index (χ1v) is 3.84. The van der Waals surface area contributed by atoms with E-state index in [1.165, 1.54) is 10.7 Å². The lowest BCUT2D eigenvalue weighted by atomic mass is 10.4. The molecule has 64 valence electrons. The molecule has 0 radical (unpaired) electrons. The molecule has 0 atom stereocenters. The molecule has 2 heterocycles. The molecule has 0 N–H and O–H groups in total. The average molecular weight is 173 g/mol. The summed E-state index contributed by atoms with van der Waals surface area (Å²) in [4.78, 5) is 15.3. The summed E-state index contributed by atoms with van der Waals surface area (Å²) in [5, 5.41) is 3.89. The van der Waals surface area contributed by atoms with Crippen LogP contribution in [0.5, 0.6) is 0 Å². The smallest absolute Gasteiger partial charge is 0.267 e. The number of nitrogens with zero attached hydrogens (tertiary/aromatic N) is 3. The molecular weight excluding hydrogens is 166 g/mol. The molecule has 0 aliphatic rings. The number of aromatic nitrogens is 3. The highest BCUT2D eigenvalue weighted by atomic mass is 16.1. The van der Waals surface area contributed by atoms with Gasteiger partial charge in [-0.15, -0.1) is 0 Å². The van der Waals surface area contributed by atoms with Crippen LogP contribution in [0.1, 0.15) is 0 Å². The van der Waals surface area contributed by atoms with Crippen molar-refractivity contribution in [2.24, 2.45) is 0 Å². The van der Waals surface area contributed by atoms with Crippen molar-refractivity contribution in [1.82, 2.24) is 14.8 Å². The maximum absolute atomic E-state index is 11.3. The zero-order valence-corrected chi connectivity index (χ0v) is 6.79. The number of rotatable bonds is 1. The topological polar surface area (TPSA) is 47.8 Å². The zero-order valence-electron chi connectivity index (χ0n) is 6.79. The maximum atomic E-state index is 11.3. The van der Waals surface area contributed by atoms with Gasteiger partial charge in [-0.25, -0.2) is 4.98 Å². The van der Waals surface area contributed by atoms with Crippen LogP contribution in [-0.4, -0.2) is 14.8 Å². The Morgan fingerprint density at radius 2 is 2.00 bits per heavy atom. The van der Waals surface area contributed by atoms with Crippen LogP contribution in [0, 0.1) is 0 Å². The second-order valence-electron chi connectivity index (χ2n) is 2.46. The zero-order chi connectivity index (χ0) is 9.10. The second kappa shape index (κ2) is 3.18. The Balaban J connectivity index is 2.60. The van der Waals surface area contributed by atoms with Crippen LogP contribution in [-0.2, 0) is 0 Å². The van der Waals surface area contributed by atoms with E-state index < -0.39 is 0 Å². The van der Waals surface area contributed by atoms with Crippen molar-refractivity contribution in [1.29, 1.82) is 0 Å². The van der Waals surface area contributed by atoms with E-state index in [0.29, 0.717) is 5.82 Å². The van der Waals surface area contributed by atoms with Crippen LogP contribution in [0.3, 0.4) is 0 Å². The molecule has 4 nitrogen and oxygen atoms in total. The van der Waals surface area contributed by atoms with E-state index in [4.69, 9.17) is 0 Å². The molecule has 0 spiro atoms. The molecule has 0 aromatic carbocycles. The van der Waals surface area contributed by atoms with Gasteiger partial charge in [0.2, 0.25) is 0 Å². The standard InChI is InChI=1S/C9H7N3O/c13-9-5-3-7-11-12(9)8-4-1-2-6-10-8/h1-7H. The molecular formula is C9H7N3O. The first kappa shape index (κ1) is 7.67. The van der Waals surface area contributed by atoms with Crippen molar-refractivity contribution >= 4 is 0 Å². The van der Waals surface area contributed by atoms with Crippen molar-refractivity contribution in [3.05, 3.63) is 53.1 Å². The predicted molar refractivity (Wildman–Crippen MR) is 47.6 cm³/mol. The summed E-state index contributed by atoms with van der Waals surface area (Å²) in [5.74, 6) is 0.535. The minimum Gasteiger partial charge on any atom is -0.267 e. The van der Waals surface area contributed by atoms with E-state index in [1.54, 1.807) is 30.6 Å². The Hall–Kier alpha value is -1.97. The molecule has 0 unspecified atom stereocenters. The molecule has 2 aromatic heterocycles. The molecule has 0 amide bonds. The highest BCUT2D eigenvalue weighted by Gasteiger charge is 1.97.